The van der Waals surface area contributed by atoms with E-state index in [0.29, 0.717) is 24.5 Å². The number of aromatic nitrogens is 3. The normalized spacial score (nSPS) is 13.8. The van der Waals surface area contributed by atoms with Gasteiger partial charge in [0.05, 0.1) is 24.1 Å². The Morgan fingerprint density at radius 3 is 2.56 bits per heavy atom. The van der Waals surface area contributed by atoms with Gasteiger partial charge in [0, 0.05) is 49.9 Å². The maximum Gasteiger partial charge on any atom is 0.255 e. The van der Waals surface area contributed by atoms with Crippen LogP contribution in [-0.4, -0.2) is 45.8 Å². The highest BCUT2D eigenvalue weighted by Gasteiger charge is 2.25. The number of methoxy groups -OCH3 is 1. The molecule has 0 saturated carbocycles. The summed E-state index contributed by atoms with van der Waals surface area (Å²) in [4.78, 5) is 18.9. The number of nitrogens with zero attached hydrogens (tertiary/aromatic N) is 4. The van der Waals surface area contributed by atoms with E-state index < -0.39 is 0 Å². The molecule has 3 aromatic rings. The zero-order valence-corrected chi connectivity index (χ0v) is 15.6. The largest absolute Gasteiger partial charge is 0.481 e. The molecule has 0 radical (unpaired) electrons. The van der Waals surface area contributed by atoms with Crippen molar-refractivity contribution in [2.45, 2.75) is 12.8 Å². The Hall–Kier alpha value is -3.15. The third-order valence-corrected chi connectivity index (χ3v) is 5.01. The van der Waals surface area contributed by atoms with Gasteiger partial charge in [-0.05, 0) is 12.5 Å². The first kappa shape index (κ1) is 17.3. The van der Waals surface area contributed by atoms with Gasteiger partial charge in [0.25, 0.3) is 5.91 Å². The van der Waals surface area contributed by atoms with Gasteiger partial charge >= 0.3 is 0 Å². The highest BCUT2D eigenvalue weighted by Crippen LogP contribution is 2.28. The van der Waals surface area contributed by atoms with Crippen molar-refractivity contribution >= 4 is 5.91 Å². The molecule has 1 aliphatic rings. The van der Waals surface area contributed by atoms with Gasteiger partial charge in [-0.2, -0.15) is 5.10 Å². The number of carbonyl (C=O) groups is 1. The lowest BCUT2D eigenvalue weighted by atomic mass is 10.0. The highest BCUT2D eigenvalue weighted by molar-refractivity contribution is 5.94. The standard InChI is InChI=1S/C21H22N4O2/c1-24-20(15-6-4-3-5-7-15)17-10-12-25(13-11-18(17)23-24)21(26)16-8-9-19(27-2)22-14-16/h3-9,14H,10-13H2,1-2H3. The van der Waals surface area contributed by atoms with Crippen molar-refractivity contribution < 1.29 is 9.53 Å². The van der Waals surface area contributed by atoms with Gasteiger partial charge in [0.1, 0.15) is 0 Å². The second-order valence-corrected chi connectivity index (χ2v) is 6.64. The number of benzene rings is 1. The lowest BCUT2D eigenvalue weighted by Gasteiger charge is -2.20. The van der Waals surface area contributed by atoms with Crippen molar-refractivity contribution in [1.82, 2.24) is 19.7 Å². The molecule has 27 heavy (non-hydrogen) atoms. The fraction of sp³-hybridized carbons (Fsp3) is 0.286. The Bertz CT molecular complexity index is 948. The average molecular weight is 362 g/mol. The summed E-state index contributed by atoms with van der Waals surface area (Å²) in [6, 6.07) is 13.8. The fourth-order valence-electron chi connectivity index (χ4n) is 3.66. The van der Waals surface area contributed by atoms with Crippen LogP contribution in [0.4, 0.5) is 0 Å². The van der Waals surface area contributed by atoms with Gasteiger partial charge in [-0.15, -0.1) is 0 Å². The second kappa shape index (κ2) is 7.23. The van der Waals surface area contributed by atoms with Gasteiger partial charge in [-0.3, -0.25) is 9.48 Å². The molecular formula is C21H22N4O2. The first-order valence-electron chi connectivity index (χ1n) is 9.07. The molecule has 3 heterocycles. The Morgan fingerprint density at radius 1 is 1.07 bits per heavy atom. The van der Waals surface area contributed by atoms with Crippen molar-refractivity contribution in [3.63, 3.8) is 0 Å². The van der Waals surface area contributed by atoms with E-state index >= 15 is 0 Å². The van der Waals surface area contributed by atoms with Crippen LogP contribution in [0.25, 0.3) is 11.3 Å². The molecular weight excluding hydrogens is 340 g/mol. The molecule has 0 N–H and O–H groups in total. The fourth-order valence-corrected chi connectivity index (χ4v) is 3.66. The molecule has 0 bridgehead atoms. The summed E-state index contributed by atoms with van der Waals surface area (Å²) >= 11 is 0. The molecule has 0 atom stereocenters. The number of hydrogen-bond acceptors (Lipinski definition) is 4. The first-order valence-corrected chi connectivity index (χ1v) is 9.07. The summed E-state index contributed by atoms with van der Waals surface area (Å²) in [7, 11) is 3.55. The number of amides is 1. The van der Waals surface area contributed by atoms with E-state index in [2.05, 4.69) is 17.1 Å². The molecule has 138 valence electrons. The zero-order valence-electron chi connectivity index (χ0n) is 15.6. The molecule has 1 amide bonds. The summed E-state index contributed by atoms with van der Waals surface area (Å²) in [5, 5.41) is 4.73. The molecule has 0 unspecified atom stereocenters. The van der Waals surface area contributed by atoms with E-state index in [0.717, 1.165) is 29.8 Å². The van der Waals surface area contributed by atoms with Gasteiger partial charge in [0.2, 0.25) is 5.88 Å². The lowest BCUT2D eigenvalue weighted by molar-refractivity contribution is 0.0762. The van der Waals surface area contributed by atoms with Crippen molar-refractivity contribution in [1.29, 1.82) is 0 Å². The number of ether oxygens (including phenoxy) is 1. The zero-order chi connectivity index (χ0) is 18.8. The van der Waals surface area contributed by atoms with Crippen LogP contribution < -0.4 is 4.74 Å². The van der Waals surface area contributed by atoms with Crippen molar-refractivity contribution in [2.75, 3.05) is 20.2 Å². The average Bonchev–Trinajstić information content (AvgIpc) is 2.89. The third kappa shape index (κ3) is 3.30. The van der Waals surface area contributed by atoms with E-state index in [1.165, 1.54) is 5.56 Å². The van der Waals surface area contributed by atoms with Gasteiger partial charge in [-0.25, -0.2) is 4.98 Å². The van der Waals surface area contributed by atoms with Crippen LogP contribution >= 0.6 is 0 Å². The van der Waals surface area contributed by atoms with Crippen LogP contribution in [0.1, 0.15) is 21.6 Å². The number of pyridine rings is 1. The van der Waals surface area contributed by atoms with E-state index in [9.17, 15) is 4.79 Å². The lowest BCUT2D eigenvalue weighted by Crippen LogP contribution is -2.33. The topological polar surface area (TPSA) is 60.2 Å². The molecule has 4 rings (SSSR count). The van der Waals surface area contributed by atoms with E-state index in [-0.39, 0.29) is 5.91 Å². The predicted octanol–water partition coefficient (Wildman–Crippen LogP) is 2.73. The maximum atomic E-state index is 12.9. The molecule has 0 spiro atoms. The van der Waals surface area contributed by atoms with E-state index in [1.54, 1.807) is 25.4 Å². The van der Waals surface area contributed by atoms with Crippen LogP contribution in [0, 0.1) is 0 Å². The first-order chi connectivity index (χ1) is 13.2. The molecule has 2 aromatic heterocycles. The molecule has 1 aliphatic heterocycles. The van der Waals surface area contributed by atoms with Crippen LogP contribution in [0.2, 0.25) is 0 Å². The molecule has 0 saturated heterocycles. The summed E-state index contributed by atoms with van der Waals surface area (Å²) in [5.41, 5.74) is 5.21. The Labute approximate surface area is 158 Å². The summed E-state index contributed by atoms with van der Waals surface area (Å²) in [5.74, 6) is 0.507. The molecule has 1 aromatic carbocycles. The third-order valence-electron chi connectivity index (χ3n) is 5.01. The Balaban J connectivity index is 1.57. The summed E-state index contributed by atoms with van der Waals surface area (Å²) in [6.07, 6.45) is 3.13. The summed E-state index contributed by atoms with van der Waals surface area (Å²) in [6.45, 7) is 1.33. The van der Waals surface area contributed by atoms with Gasteiger partial charge < -0.3 is 9.64 Å². The second-order valence-electron chi connectivity index (χ2n) is 6.64. The smallest absolute Gasteiger partial charge is 0.255 e. The molecule has 0 aliphatic carbocycles. The van der Waals surface area contributed by atoms with E-state index in [1.807, 2.05) is 34.8 Å². The minimum atomic E-state index is 0.000872. The highest BCUT2D eigenvalue weighted by atomic mass is 16.5. The molecule has 6 nitrogen and oxygen atoms in total. The van der Waals surface area contributed by atoms with Crippen molar-refractivity contribution in [2.24, 2.45) is 7.05 Å². The Morgan fingerprint density at radius 2 is 1.85 bits per heavy atom. The maximum absolute atomic E-state index is 12.9. The Kier molecular flexibility index (Phi) is 4.62. The minimum Gasteiger partial charge on any atom is -0.481 e. The number of hydrogen-bond donors (Lipinski definition) is 0. The molecule has 6 heteroatoms. The van der Waals surface area contributed by atoms with Crippen LogP contribution in [0.3, 0.4) is 0 Å². The monoisotopic (exact) mass is 362 g/mol. The minimum absolute atomic E-state index is 0.000872. The predicted molar refractivity (Wildman–Crippen MR) is 103 cm³/mol. The van der Waals surface area contributed by atoms with E-state index in [4.69, 9.17) is 9.84 Å². The van der Waals surface area contributed by atoms with Crippen LogP contribution in [-0.2, 0) is 19.9 Å². The SMILES string of the molecule is COc1ccc(C(=O)N2CCc3nn(C)c(-c4ccccc4)c3CC2)cn1. The quantitative estimate of drug-likeness (QED) is 0.719. The van der Waals surface area contributed by atoms with Gasteiger partial charge in [0.15, 0.2) is 0 Å². The van der Waals surface area contributed by atoms with Crippen molar-refractivity contribution in [3.05, 3.63) is 65.5 Å². The van der Waals surface area contributed by atoms with Crippen LogP contribution in [0.15, 0.2) is 48.7 Å². The number of fused-ring (bicyclic) bond motifs is 1. The number of aryl methyl sites for hydroxylation is 1. The number of rotatable bonds is 3. The number of carbonyl (C=O) groups excluding carboxylic acids is 1. The van der Waals surface area contributed by atoms with Gasteiger partial charge in [-0.1, -0.05) is 30.3 Å². The van der Waals surface area contributed by atoms with Crippen LogP contribution in [0.5, 0.6) is 5.88 Å². The molecule has 0 fully saturated rings. The van der Waals surface area contributed by atoms with Crippen molar-refractivity contribution in [3.8, 4) is 17.1 Å². The summed E-state index contributed by atoms with van der Waals surface area (Å²) < 4.78 is 7.03.